The van der Waals surface area contributed by atoms with Crippen LogP contribution in [0.25, 0.3) is 0 Å². The number of sulfonamides is 1. The third kappa shape index (κ3) is 4.97. The quantitative estimate of drug-likeness (QED) is 0.642. The summed E-state index contributed by atoms with van der Waals surface area (Å²) in [7, 11) is -3.83. The van der Waals surface area contributed by atoms with Gasteiger partial charge in [0.1, 0.15) is 11.1 Å². The van der Waals surface area contributed by atoms with Gasteiger partial charge in [0.2, 0.25) is 10.0 Å². The molecule has 158 valence electrons. The maximum absolute atomic E-state index is 12.8. The number of anilines is 1. The molecule has 1 aromatic heterocycles. The maximum Gasteiger partial charge on any atom is 0.340 e. The Morgan fingerprint density at radius 1 is 1.30 bits per heavy atom. The van der Waals surface area contributed by atoms with Crippen LogP contribution in [-0.2, 0) is 24.3 Å². The van der Waals surface area contributed by atoms with Crippen LogP contribution in [0.15, 0.2) is 34.5 Å². The molecule has 1 aliphatic heterocycles. The number of halogens is 1. The molecule has 2 heterocycles. The van der Waals surface area contributed by atoms with E-state index in [0.29, 0.717) is 10.6 Å². The van der Waals surface area contributed by atoms with Crippen LogP contribution in [0.3, 0.4) is 0 Å². The number of nitrogens with one attached hydrogen (secondary N) is 1. The SMILES string of the molecule is N#Cc1ccsc1NC(=O)COC(=O)c1cc(S(=O)(=O)N2CCOCC2)ccc1Cl. The molecule has 1 fully saturated rings. The van der Waals surface area contributed by atoms with Crippen molar-refractivity contribution in [2.24, 2.45) is 0 Å². The number of nitrogens with zero attached hydrogens (tertiary/aromatic N) is 2. The fraction of sp³-hybridized carbons (Fsp3) is 0.278. The normalized spacial score (nSPS) is 14.7. The van der Waals surface area contributed by atoms with Gasteiger partial charge in [-0.15, -0.1) is 11.3 Å². The zero-order valence-electron chi connectivity index (χ0n) is 15.5. The molecule has 9 nitrogen and oxygen atoms in total. The van der Waals surface area contributed by atoms with Gasteiger partial charge in [0.15, 0.2) is 6.61 Å². The molecular formula is C18H16ClN3O6S2. The van der Waals surface area contributed by atoms with Crippen LogP contribution in [0, 0.1) is 11.3 Å². The van der Waals surface area contributed by atoms with E-state index in [0.717, 1.165) is 17.4 Å². The fourth-order valence-electron chi connectivity index (χ4n) is 2.62. The molecule has 1 N–H and O–H groups in total. The first-order valence-electron chi connectivity index (χ1n) is 8.65. The van der Waals surface area contributed by atoms with E-state index in [4.69, 9.17) is 26.3 Å². The second-order valence-electron chi connectivity index (χ2n) is 6.06. The molecule has 0 aliphatic carbocycles. The van der Waals surface area contributed by atoms with Gasteiger partial charge >= 0.3 is 5.97 Å². The zero-order chi connectivity index (χ0) is 21.7. The van der Waals surface area contributed by atoms with Gasteiger partial charge < -0.3 is 14.8 Å². The molecule has 0 saturated carbocycles. The third-order valence-corrected chi connectivity index (χ3v) is 7.19. The molecule has 1 amide bonds. The Bertz CT molecular complexity index is 1100. The molecular weight excluding hydrogens is 454 g/mol. The molecule has 1 saturated heterocycles. The molecule has 0 atom stereocenters. The van der Waals surface area contributed by atoms with Crippen LogP contribution in [0.2, 0.25) is 5.02 Å². The van der Waals surface area contributed by atoms with E-state index in [2.05, 4.69) is 5.32 Å². The van der Waals surface area contributed by atoms with E-state index in [1.54, 1.807) is 11.4 Å². The van der Waals surface area contributed by atoms with Gasteiger partial charge in [-0.2, -0.15) is 9.57 Å². The molecule has 30 heavy (non-hydrogen) atoms. The summed E-state index contributed by atoms with van der Waals surface area (Å²) in [6, 6.07) is 7.19. The lowest BCUT2D eigenvalue weighted by atomic mass is 10.2. The summed E-state index contributed by atoms with van der Waals surface area (Å²) in [6.07, 6.45) is 0. The topological polar surface area (TPSA) is 126 Å². The Hall–Kier alpha value is -2.49. The summed E-state index contributed by atoms with van der Waals surface area (Å²) < 4.78 is 36.9. The number of esters is 1. The van der Waals surface area contributed by atoms with E-state index >= 15 is 0 Å². The van der Waals surface area contributed by atoms with E-state index in [1.807, 2.05) is 6.07 Å². The average molecular weight is 470 g/mol. The molecule has 1 aliphatic rings. The second-order valence-corrected chi connectivity index (χ2v) is 9.32. The van der Waals surface area contributed by atoms with Gasteiger partial charge in [-0.05, 0) is 29.6 Å². The van der Waals surface area contributed by atoms with Gasteiger partial charge in [-0.25, -0.2) is 13.2 Å². The van der Waals surface area contributed by atoms with Crippen LogP contribution in [0.1, 0.15) is 15.9 Å². The first-order valence-corrected chi connectivity index (χ1v) is 11.3. The standard InChI is InChI=1S/C18H16ClN3O6S2/c19-15-2-1-13(30(25,26)22-4-6-27-7-5-22)9-14(15)18(24)28-11-16(23)21-17-12(10-20)3-8-29-17/h1-3,8-9H,4-7,11H2,(H,21,23). The highest BCUT2D eigenvalue weighted by Crippen LogP contribution is 2.25. The minimum atomic E-state index is -3.83. The highest BCUT2D eigenvalue weighted by Gasteiger charge is 2.28. The molecule has 0 unspecified atom stereocenters. The van der Waals surface area contributed by atoms with Crippen molar-refractivity contribution in [3.8, 4) is 6.07 Å². The highest BCUT2D eigenvalue weighted by atomic mass is 35.5. The van der Waals surface area contributed by atoms with Gasteiger partial charge in [0.05, 0.1) is 34.3 Å². The summed E-state index contributed by atoms with van der Waals surface area (Å²) in [5.74, 6) is -1.59. The summed E-state index contributed by atoms with van der Waals surface area (Å²) in [5, 5.41) is 13.4. The van der Waals surface area contributed by atoms with Gasteiger partial charge in [0, 0.05) is 13.1 Å². The summed E-state index contributed by atoms with van der Waals surface area (Å²) in [6.45, 7) is 0.359. The number of carbonyl (C=O) groups excluding carboxylic acids is 2. The predicted molar refractivity (Wildman–Crippen MR) is 109 cm³/mol. The van der Waals surface area contributed by atoms with Gasteiger partial charge in [0.25, 0.3) is 5.91 Å². The van der Waals surface area contributed by atoms with Crippen molar-refractivity contribution in [1.29, 1.82) is 5.26 Å². The molecule has 3 rings (SSSR count). The number of hydrogen-bond donors (Lipinski definition) is 1. The van der Waals surface area contributed by atoms with Crippen molar-refractivity contribution in [3.63, 3.8) is 0 Å². The Labute approximate surface area is 181 Å². The van der Waals surface area contributed by atoms with Crippen LogP contribution in [0.5, 0.6) is 0 Å². The number of morpholine rings is 1. The summed E-state index contributed by atoms with van der Waals surface area (Å²) >= 11 is 7.19. The monoisotopic (exact) mass is 469 g/mol. The number of amides is 1. The van der Waals surface area contributed by atoms with Gasteiger partial charge in [-0.1, -0.05) is 11.6 Å². The summed E-state index contributed by atoms with van der Waals surface area (Å²) in [4.78, 5) is 24.3. The Morgan fingerprint density at radius 3 is 2.73 bits per heavy atom. The first kappa shape index (κ1) is 22.2. The molecule has 0 radical (unpaired) electrons. The minimum absolute atomic E-state index is 0.00800. The van der Waals surface area contributed by atoms with E-state index < -0.39 is 28.5 Å². The van der Waals surface area contributed by atoms with Crippen LogP contribution in [0.4, 0.5) is 5.00 Å². The minimum Gasteiger partial charge on any atom is -0.452 e. The number of rotatable bonds is 6. The van der Waals surface area contributed by atoms with Crippen molar-refractivity contribution in [3.05, 3.63) is 45.8 Å². The Kier molecular flexibility index (Phi) is 7.06. The number of ether oxygens (including phenoxy) is 2. The van der Waals surface area contributed by atoms with Crippen molar-refractivity contribution in [1.82, 2.24) is 4.31 Å². The molecule has 0 bridgehead atoms. The van der Waals surface area contributed by atoms with Crippen molar-refractivity contribution < 1.29 is 27.5 Å². The second kappa shape index (κ2) is 9.55. The number of hydrogen-bond acceptors (Lipinski definition) is 8. The number of nitriles is 1. The van der Waals surface area contributed by atoms with Crippen LogP contribution >= 0.6 is 22.9 Å². The zero-order valence-corrected chi connectivity index (χ0v) is 17.8. The smallest absolute Gasteiger partial charge is 0.340 e. The lowest BCUT2D eigenvalue weighted by Gasteiger charge is -2.26. The third-order valence-electron chi connectivity index (χ3n) is 4.14. The van der Waals surface area contributed by atoms with Crippen molar-refractivity contribution in [2.75, 3.05) is 38.2 Å². The van der Waals surface area contributed by atoms with E-state index in [1.165, 1.54) is 16.4 Å². The maximum atomic E-state index is 12.8. The summed E-state index contributed by atoms with van der Waals surface area (Å²) in [5.41, 5.74) is 0.122. The van der Waals surface area contributed by atoms with Crippen molar-refractivity contribution >= 4 is 49.8 Å². The molecule has 1 aromatic carbocycles. The number of thiophene rings is 1. The van der Waals surface area contributed by atoms with Crippen LogP contribution in [-0.4, -0.2) is 57.5 Å². The van der Waals surface area contributed by atoms with E-state index in [-0.39, 0.29) is 41.8 Å². The Morgan fingerprint density at radius 2 is 2.03 bits per heavy atom. The molecule has 12 heteroatoms. The van der Waals surface area contributed by atoms with E-state index in [9.17, 15) is 18.0 Å². The fourth-order valence-corrected chi connectivity index (χ4v) is 5.01. The first-order chi connectivity index (χ1) is 14.3. The predicted octanol–water partition coefficient (Wildman–Crippen LogP) is 2.09. The molecule has 2 aromatic rings. The number of carbonyl (C=O) groups is 2. The lowest BCUT2D eigenvalue weighted by molar-refractivity contribution is -0.119. The largest absolute Gasteiger partial charge is 0.452 e. The van der Waals surface area contributed by atoms with Crippen LogP contribution < -0.4 is 5.32 Å². The lowest BCUT2D eigenvalue weighted by Crippen LogP contribution is -2.40. The molecule has 0 spiro atoms. The van der Waals surface area contributed by atoms with Gasteiger partial charge in [-0.3, -0.25) is 4.79 Å². The highest BCUT2D eigenvalue weighted by molar-refractivity contribution is 7.89. The number of benzene rings is 1. The Balaban J connectivity index is 1.69. The average Bonchev–Trinajstić information content (AvgIpc) is 3.19. The van der Waals surface area contributed by atoms with Crippen molar-refractivity contribution in [2.45, 2.75) is 4.90 Å².